The summed E-state index contributed by atoms with van der Waals surface area (Å²) >= 11 is 1.56. The Hall–Kier alpha value is -0.910. The van der Waals surface area contributed by atoms with E-state index in [0.717, 1.165) is 4.88 Å². The molecule has 2 N–H and O–H groups in total. The predicted octanol–water partition coefficient (Wildman–Crippen LogP) is 0.514. The van der Waals surface area contributed by atoms with E-state index in [0.29, 0.717) is 19.6 Å². The molecule has 2 unspecified atom stereocenters. The lowest BCUT2D eigenvalue weighted by atomic mass is 10.2. The molecule has 1 saturated heterocycles. The van der Waals surface area contributed by atoms with Gasteiger partial charge in [-0.2, -0.15) is 0 Å². The van der Waals surface area contributed by atoms with Gasteiger partial charge >= 0.3 is 5.97 Å². The highest BCUT2D eigenvalue weighted by molar-refractivity contribution is 7.09. The molecular formula is C10H13NO3S. The predicted molar refractivity (Wildman–Crippen MR) is 56.5 cm³/mol. The molecule has 0 radical (unpaired) electrons. The van der Waals surface area contributed by atoms with Crippen LogP contribution in [0, 0.1) is 0 Å². The third kappa shape index (κ3) is 2.77. The lowest BCUT2D eigenvalue weighted by molar-refractivity contribution is -0.147. The Labute approximate surface area is 91.9 Å². The summed E-state index contributed by atoms with van der Waals surface area (Å²) in [5.74, 6) is -0.278. The maximum atomic E-state index is 11.5. The molecule has 0 amide bonds. The van der Waals surface area contributed by atoms with Crippen molar-refractivity contribution >= 4 is 17.3 Å². The molecule has 0 aromatic carbocycles. The van der Waals surface area contributed by atoms with E-state index in [1.807, 2.05) is 17.5 Å². The van der Waals surface area contributed by atoms with E-state index >= 15 is 0 Å². The van der Waals surface area contributed by atoms with Crippen LogP contribution in [-0.2, 0) is 16.1 Å². The van der Waals surface area contributed by atoms with Crippen LogP contribution in [0.25, 0.3) is 0 Å². The fraction of sp³-hybridized carbons (Fsp3) is 0.500. The van der Waals surface area contributed by atoms with E-state index < -0.39 is 6.10 Å². The quantitative estimate of drug-likeness (QED) is 0.739. The molecule has 2 atom stereocenters. The van der Waals surface area contributed by atoms with Crippen LogP contribution in [0.5, 0.6) is 0 Å². The number of hydrogen-bond donors (Lipinski definition) is 2. The van der Waals surface area contributed by atoms with Gasteiger partial charge in [0.25, 0.3) is 0 Å². The highest BCUT2D eigenvalue weighted by atomic mass is 32.1. The third-order valence-electron chi connectivity index (χ3n) is 2.33. The minimum atomic E-state index is -0.427. The number of aliphatic hydroxyl groups excluding tert-OH is 1. The van der Waals surface area contributed by atoms with Crippen molar-refractivity contribution in [1.82, 2.24) is 5.32 Å². The Kier molecular flexibility index (Phi) is 3.35. The number of β-amino-alcohol motifs (C(OH)–C–C–N with tert-alkyl or cyclic N) is 1. The number of aliphatic hydroxyl groups is 1. The second kappa shape index (κ2) is 4.74. The second-order valence-corrected chi connectivity index (χ2v) is 4.57. The summed E-state index contributed by atoms with van der Waals surface area (Å²) < 4.78 is 5.12. The lowest BCUT2D eigenvalue weighted by Crippen LogP contribution is -2.32. The fourth-order valence-corrected chi connectivity index (χ4v) is 2.15. The zero-order valence-corrected chi connectivity index (χ0v) is 9.00. The number of hydrogen-bond acceptors (Lipinski definition) is 5. The van der Waals surface area contributed by atoms with Crippen molar-refractivity contribution in [2.24, 2.45) is 0 Å². The summed E-state index contributed by atoms with van der Waals surface area (Å²) in [5.41, 5.74) is 0. The largest absolute Gasteiger partial charge is 0.459 e. The van der Waals surface area contributed by atoms with Crippen LogP contribution >= 0.6 is 11.3 Å². The van der Waals surface area contributed by atoms with E-state index in [1.54, 1.807) is 11.3 Å². The molecule has 0 saturated carbocycles. The number of ether oxygens (including phenoxy) is 1. The monoisotopic (exact) mass is 227 g/mol. The first-order valence-corrected chi connectivity index (χ1v) is 5.74. The normalized spacial score (nSPS) is 25.4. The number of rotatable bonds is 3. The average molecular weight is 227 g/mol. The zero-order valence-electron chi connectivity index (χ0n) is 8.18. The minimum Gasteiger partial charge on any atom is -0.459 e. The van der Waals surface area contributed by atoms with Crippen LogP contribution in [0.3, 0.4) is 0 Å². The molecule has 15 heavy (non-hydrogen) atoms. The maximum absolute atomic E-state index is 11.5. The van der Waals surface area contributed by atoms with Gasteiger partial charge in [0.15, 0.2) is 0 Å². The van der Waals surface area contributed by atoms with Gasteiger partial charge < -0.3 is 15.2 Å². The van der Waals surface area contributed by atoms with Crippen molar-refractivity contribution in [3.63, 3.8) is 0 Å². The molecular weight excluding hydrogens is 214 g/mol. The summed E-state index contributed by atoms with van der Waals surface area (Å²) in [6.45, 7) is 0.795. The zero-order chi connectivity index (χ0) is 10.7. The number of carbonyl (C=O) groups excluding carboxylic acids is 1. The topological polar surface area (TPSA) is 58.6 Å². The van der Waals surface area contributed by atoms with Crippen LogP contribution in [0.2, 0.25) is 0 Å². The van der Waals surface area contributed by atoms with Gasteiger partial charge in [-0.25, -0.2) is 0 Å². The number of nitrogens with one attached hydrogen (secondary N) is 1. The molecule has 0 bridgehead atoms. The molecule has 1 aromatic rings. The van der Waals surface area contributed by atoms with Crippen molar-refractivity contribution in [3.8, 4) is 0 Å². The Morgan fingerprint density at radius 3 is 3.20 bits per heavy atom. The van der Waals surface area contributed by atoms with E-state index in [1.165, 1.54) is 0 Å². The first kappa shape index (κ1) is 10.6. The highest BCUT2D eigenvalue weighted by Crippen LogP contribution is 2.12. The van der Waals surface area contributed by atoms with Crippen LogP contribution < -0.4 is 5.32 Å². The maximum Gasteiger partial charge on any atom is 0.323 e. The van der Waals surface area contributed by atoms with Crippen molar-refractivity contribution < 1.29 is 14.6 Å². The Balaban J connectivity index is 1.78. The fourth-order valence-electron chi connectivity index (χ4n) is 1.53. The van der Waals surface area contributed by atoms with E-state index in [9.17, 15) is 9.90 Å². The highest BCUT2D eigenvalue weighted by Gasteiger charge is 2.29. The summed E-state index contributed by atoms with van der Waals surface area (Å²) in [6, 6.07) is 3.50. The number of thiophene rings is 1. The molecule has 1 fully saturated rings. The van der Waals surface area contributed by atoms with Crippen LogP contribution in [-0.4, -0.2) is 29.8 Å². The van der Waals surface area contributed by atoms with Gasteiger partial charge in [0, 0.05) is 17.8 Å². The van der Waals surface area contributed by atoms with E-state index in [-0.39, 0.29) is 12.0 Å². The van der Waals surface area contributed by atoms with Gasteiger partial charge in [-0.05, 0) is 11.4 Å². The standard InChI is InChI=1S/C10H13NO3S/c12-7-4-9(11-5-7)10(13)14-6-8-2-1-3-15-8/h1-3,7,9,11-12H,4-6H2. The van der Waals surface area contributed by atoms with E-state index in [4.69, 9.17) is 4.74 Å². The first-order chi connectivity index (χ1) is 7.25. The van der Waals surface area contributed by atoms with Crippen LogP contribution in [0.15, 0.2) is 17.5 Å². The summed E-state index contributed by atoms with van der Waals surface area (Å²) in [5, 5.41) is 14.1. The number of carbonyl (C=O) groups is 1. The van der Waals surface area contributed by atoms with Crippen molar-refractivity contribution in [2.75, 3.05) is 6.54 Å². The molecule has 1 aliphatic rings. The Morgan fingerprint density at radius 2 is 2.60 bits per heavy atom. The van der Waals surface area contributed by atoms with Crippen molar-refractivity contribution in [1.29, 1.82) is 0 Å². The third-order valence-corrected chi connectivity index (χ3v) is 3.18. The summed E-state index contributed by atoms with van der Waals surface area (Å²) in [7, 11) is 0. The van der Waals surface area contributed by atoms with Gasteiger partial charge in [-0.1, -0.05) is 6.07 Å². The van der Waals surface area contributed by atoms with Crippen LogP contribution in [0.1, 0.15) is 11.3 Å². The molecule has 2 rings (SSSR count). The molecule has 4 nitrogen and oxygen atoms in total. The smallest absolute Gasteiger partial charge is 0.323 e. The molecule has 0 aliphatic carbocycles. The van der Waals surface area contributed by atoms with Gasteiger partial charge in [0.1, 0.15) is 12.6 Å². The second-order valence-electron chi connectivity index (χ2n) is 3.54. The molecule has 5 heteroatoms. The Morgan fingerprint density at radius 1 is 1.73 bits per heavy atom. The van der Waals surface area contributed by atoms with E-state index in [2.05, 4.69) is 5.32 Å². The summed E-state index contributed by atoms with van der Waals surface area (Å²) in [6.07, 6.45) is 0.0211. The molecule has 1 aliphatic heterocycles. The molecule has 2 heterocycles. The molecule has 0 spiro atoms. The van der Waals surface area contributed by atoms with Gasteiger partial charge in [0.05, 0.1) is 6.10 Å². The molecule has 1 aromatic heterocycles. The van der Waals surface area contributed by atoms with Crippen molar-refractivity contribution in [3.05, 3.63) is 22.4 Å². The van der Waals surface area contributed by atoms with Crippen LogP contribution in [0.4, 0.5) is 0 Å². The lowest BCUT2D eigenvalue weighted by Gasteiger charge is -2.08. The minimum absolute atomic E-state index is 0.278. The van der Waals surface area contributed by atoms with Gasteiger partial charge in [0.2, 0.25) is 0 Å². The SMILES string of the molecule is O=C(OCc1cccs1)C1CC(O)CN1. The average Bonchev–Trinajstić information content (AvgIpc) is 2.84. The van der Waals surface area contributed by atoms with Gasteiger partial charge in [-0.15, -0.1) is 11.3 Å². The Bertz CT molecular complexity index is 325. The summed E-state index contributed by atoms with van der Waals surface area (Å²) in [4.78, 5) is 12.5. The van der Waals surface area contributed by atoms with Crippen molar-refractivity contribution in [2.45, 2.75) is 25.2 Å². The van der Waals surface area contributed by atoms with Gasteiger partial charge in [-0.3, -0.25) is 4.79 Å². The first-order valence-electron chi connectivity index (χ1n) is 4.86. The number of esters is 1. The molecule has 82 valence electrons.